The van der Waals surface area contributed by atoms with E-state index in [1.165, 1.54) is 28.5 Å². The molecule has 1 unspecified atom stereocenters. The van der Waals surface area contributed by atoms with Crippen LogP contribution in [0.25, 0.3) is 0 Å². The maximum absolute atomic E-state index is 2.43. The van der Waals surface area contributed by atoms with Gasteiger partial charge in [0.05, 0.1) is 6.16 Å². The van der Waals surface area contributed by atoms with E-state index in [1.807, 2.05) is 0 Å². The molecular weight excluding hydrogens is 331 g/mol. The molecule has 0 amide bonds. The largest absolute Gasteiger partial charge is 0.112 e. The Hall–Kier alpha value is -1.91. The average Bonchev–Trinajstić information content (AvgIpc) is 2.67. The SMILES string of the molecule is CC(C)CC(C)C[P+](c1ccccc1)(c1ccccc1)c1ccccc1. The third kappa shape index (κ3) is 4.08. The third-order valence-electron chi connectivity index (χ3n) is 5.05. The van der Waals surface area contributed by atoms with Gasteiger partial charge in [0.25, 0.3) is 0 Å². The van der Waals surface area contributed by atoms with Crippen molar-refractivity contribution in [2.75, 3.05) is 6.16 Å². The summed E-state index contributed by atoms with van der Waals surface area (Å²) >= 11 is 0. The van der Waals surface area contributed by atoms with Crippen LogP contribution in [-0.4, -0.2) is 6.16 Å². The van der Waals surface area contributed by atoms with Gasteiger partial charge in [0.1, 0.15) is 23.2 Å². The molecule has 1 heteroatoms. The molecule has 0 aromatic heterocycles. The molecule has 0 saturated carbocycles. The molecule has 3 aromatic carbocycles. The summed E-state index contributed by atoms with van der Waals surface area (Å²) in [7, 11) is -1.67. The summed E-state index contributed by atoms with van der Waals surface area (Å²) in [5, 5.41) is 4.48. The Bertz CT molecular complexity index is 681. The Labute approximate surface area is 159 Å². The molecule has 0 N–H and O–H groups in total. The van der Waals surface area contributed by atoms with E-state index in [9.17, 15) is 0 Å². The Balaban J connectivity index is 2.21. The minimum absolute atomic E-state index is 0.684. The van der Waals surface area contributed by atoms with Crippen LogP contribution in [-0.2, 0) is 0 Å². The van der Waals surface area contributed by atoms with E-state index in [0.717, 1.165) is 5.92 Å². The van der Waals surface area contributed by atoms with Crippen molar-refractivity contribution in [1.82, 2.24) is 0 Å². The monoisotopic (exact) mass is 361 g/mol. The predicted octanol–water partition coefficient (Wildman–Crippen LogP) is 5.66. The molecule has 0 aliphatic rings. The predicted molar refractivity (Wildman–Crippen MR) is 119 cm³/mol. The van der Waals surface area contributed by atoms with E-state index in [0.29, 0.717) is 5.92 Å². The average molecular weight is 361 g/mol. The zero-order chi connectivity index (χ0) is 18.4. The number of hydrogen-bond acceptors (Lipinski definition) is 0. The summed E-state index contributed by atoms with van der Waals surface area (Å²) in [6.07, 6.45) is 2.50. The van der Waals surface area contributed by atoms with Crippen LogP contribution in [0.3, 0.4) is 0 Å². The van der Waals surface area contributed by atoms with Gasteiger partial charge in [0, 0.05) is 0 Å². The van der Waals surface area contributed by atoms with Crippen molar-refractivity contribution >= 4 is 23.2 Å². The Morgan fingerprint density at radius 3 is 1.23 bits per heavy atom. The van der Waals surface area contributed by atoms with Crippen molar-refractivity contribution < 1.29 is 0 Å². The van der Waals surface area contributed by atoms with Crippen molar-refractivity contribution in [2.24, 2.45) is 11.8 Å². The van der Waals surface area contributed by atoms with Gasteiger partial charge in [0.2, 0.25) is 0 Å². The normalized spacial score (nSPS) is 12.9. The first kappa shape index (κ1) is 18.9. The lowest BCUT2D eigenvalue weighted by atomic mass is 10.0. The molecule has 0 heterocycles. The fourth-order valence-corrected chi connectivity index (χ4v) is 8.81. The van der Waals surface area contributed by atoms with Crippen molar-refractivity contribution in [2.45, 2.75) is 27.2 Å². The molecule has 0 bridgehead atoms. The van der Waals surface area contributed by atoms with Crippen LogP contribution >= 0.6 is 7.26 Å². The summed E-state index contributed by atoms with van der Waals surface area (Å²) in [6, 6.07) is 33.6. The van der Waals surface area contributed by atoms with Gasteiger partial charge in [-0.25, -0.2) is 0 Å². The lowest BCUT2D eigenvalue weighted by molar-refractivity contribution is 0.473. The smallest absolute Gasteiger partial charge is 0.0628 e. The highest BCUT2D eigenvalue weighted by Gasteiger charge is 2.46. The highest BCUT2D eigenvalue weighted by Crippen LogP contribution is 2.57. The lowest BCUT2D eigenvalue weighted by Crippen LogP contribution is -2.35. The van der Waals surface area contributed by atoms with E-state index < -0.39 is 7.26 Å². The number of benzene rings is 3. The molecule has 0 nitrogen and oxygen atoms in total. The highest BCUT2D eigenvalue weighted by atomic mass is 31.2. The van der Waals surface area contributed by atoms with Gasteiger partial charge < -0.3 is 0 Å². The van der Waals surface area contributed by atoms with Gasteiger partial charge in [-0.1, -0.05) is 75.4 Å². The molecule has 134 valence electrons. The molecule has 0 aliphatic carbocycles. The minimum Gasteiger partial charge on any atom is -0.0628 e. The summed E-state index contributed by atoms with van der Waals surface area (Å²) < 4.78 is 0. The molecule has 0 spiro atoms. The summed E-state index contributed by atoms with van der Waals surface area (Å²) in [6.45, 7) is 7.11. The maximum atomic E-state index is 2.43. The van der Waals surface area contributed by atoms with E-state index in [4.69, 9.17) is 0 Å². The number of rotatable bonds is 7. The van der Waals surface area contributed by atoms with E-state index >= 15 is 0 Å². The molecule has 0 aliphatic heterocycles. The summed E-state index contributed by atoms with van der Waals surface area (Å²) in [5.74, 6) is 1.41. The van der Waals surface area contributed by atoms with Crippen LogP contribution in [0.15, 0.2) is 91.0 Å². The zero-order valence-electron chi connectivity index (χ0n) is 16.2. The van der Waals surface area contributed by atoms with Crippen LogP contribution < -0.4 is 15.9 Å². The lowest BCUT2D eigenvalue weighted by Gasteiger charge is -2.30. The zero-order valence-corrected chi connectivity index (χ0v) is 17.1. The highest BCUT2D eigenvalue weighted by molar-refractivity contribution is 7.95. The van der Waals surface area contributed by atoms with Crippen molar-refractivity contribution in [3.05, 3.63) is 91.0 Å². The number of hydrogen-bond donors (Lipinski definition) is 0. The van der Waals surface area contributed by atoms with Crippen LogP contribution in [0, 0.1) is 11.8 Å². The Morgan fingerprint density at radius 1 is 0.577 bits per heavy atom. The molecule has 26 heavy (non-hydrogen) atoms. The van der Waals surface area contributed by atoms with Crippen LogP contribution in [0.5, 0.6) is 0 Å². The molecular formula is C25H30P+. The fourth-order valence-electron chi connectivity index (χ4n) is 4.16. The standard InChI is InChI=1S/C25H30P/c1-21(2)19-22(3)20-26(23-13-7-4-8-14-23,24-15-9-5-10-16-24)25-17-11-6-12-18-25/h4-18,21-22H,19-20H2,1-3H3/q+1. The first-order valence-electron chi connectivity index (χ1n) is 9.68. The van der Waals surface area contributed by atoms with Gasteiger partial charge in [-0.15, -0.1) is 0 Å². The van der Waals surface area contributed by atoms with E-state index in [1.54, 1.807) is 0 Å². The van der Waals surface area contributed by atoms with Crippen LogP contribution in [0.1, 0.15) is 27.2 Å². The maximum Gasteiger partial charge on any atom is 0.112 e. The molecule has 1 atom stereocenters. The van der Waals surface area contributed by atoms with Crippen molar-refractivity contribution in [3.63, 3.8) is 0 Å². The van der Waals surface area contributed by atoms with Crippen LogP contribution in [0.4, 0.5) is 0 Å². The van der Waals surface area contributed by atoms with Crippen molar-refractivity contribution in [3.8, 4) is 0 Å². The second-order valence-corrected chi connectivity index (χ2v) is 11.3. The second-order valence-electron chi connectivity index (χ2n) is 7.73. The Morgan fingerprint density at radius 2 is 0.923 bits per heavy atom. The fraction of sp³-hybridized carbons (Fsp3) is 0.280. The van der Waals surface area contributed by atoms with E-state index in [-0.39, 0.29) is 0 Å². The van der Waals surface area contributed by atoms with Gasteiger partial charge in [-0.2, -0.15) is 0 Å². The summed E-state index contributed by atoms with van der Waals surface area (Å²) in [4.78, 5) is 0. The molecule has 0 fully saturated rings. The quantitative estimate of drug-likeness (QED) is 0.476. The topological polar surface area (TPSA) is 0 Å². The van der Waals surface area contributed by atoms with Gasteiger partial charge in [-0.3, -0.25) is 0 Å². The van der Waals surface area contributed by atoms with Gasteiger partial charge in [-0.05, 0) is 54.7 Å². The van der Waals surface area contributed by atoms with Gasteiger partial charge >= 0.3 is 0 Å². The molecule has 0 radical (unpaired) electrons. The first-order valence-corrected chi connectivity index (χ1v) is 11.6. The van der Waals surface area contributed by atoms with Gasteiger partial charge in [0.15, 0.2) is 0 Å². The van der Waals surface area contributed by atoms with E-state index in [2.05, 4.69) is 112 Å². The molecule has 3 aromatic rings. The summed E-state index contributed by atoms with van der Waals surface area (Å²) in [5.41, 5.74) is 0. The second kappa shape index (κ2) is 8.65. The third-order valence-corrected chi connectivity index (χ3v) is 9.76. The molecule has 0 saturated heterocycles. The molecule has 3 rings (SSSR count). The van der Waals surface area contributed by atoms with Crippen molar-refractivity contribution in [1.29, 1.82) is 0 Å². The first-order chi connectivity index (χ1) is 12.6. The Kier molecular flexibility index (Phi) is 6.28. The van der Waals surface area contributed by atoms with Crippen LogP contribution in [0.2, 0.25) is 0 Å². The minimum atomic E-state index is -1.67.